The topological polar surface area (TPSA) is 42.9 Å². The summed E-state index contributed by atoms with van der Waals surface area (Å²) in [6.45, 7) is 0. The third kappa shape index (κ3) is 1.76. The summed E-state index contributed by atoms with van der Waals surface area (Å²) in [7, 11) is -2.20. The second kappa shape index (κ2) is 3.52. The maximum Gasteiger partial charge on any atom is 0.140 e. The van der Waals surface area contributed by atoms with Gasteiger partial charge in [0, 0.05) is 14.9 Å². The van der Waals surface area contributed by atoms with Crippen molar-refractivity contribution < 1.29 is 4.57 Å². The smallest absolute Gasteiger partial charge is 0.140 e. The van der Waals surface area contributed by atoms with Crippen LogP contribution in [-0.4, -0.2) is 21.5 Å². The summed E-state index contributed by atoms with van der Waals surface area (Å²) >= 11 is 2.21. The number of hydrogen-bond acceptors (Lipinski definition) is 3. The normalized spacial score (nSPS) is 21.7. The summed E-state index contributed by atoms with van der Waals surface area (Å²) in [5.41, 5.74) is 1.65. The SMILES string of the molecule is O=P(c1cc(I)cnn1)(C1CC1)C1CC1. The molecule has 0 unspecified atom stereocenters. The third-order valence-electron chi connectivity index (χ3n) is 3.14. The Hall–Kier alpha value is 0.0400. The first-order valence-electron chi connectivity index (χ1n) is 5.29. The van der Waals surface area contributed by atoms with Crippen LogP contribution in [0, 0.1) is 3.57 Å². The van der Waals surface area contributed by atoms with Gasteiger partial charge >= 0.3 is 0 Å². The summed E-state index contributed by atoms with van der Waals surface area (Å²) in [5, 5.41) is 8.06. The lowest BCUT2D eigenvalue weighted by atomic mass is 10.6. The average Bonchev–Trinajstić information content (AvgIpc) is 3.04. The molecule has 0 aromatic carbocycles. The van der Waals surface area contributed by atoms with Crippen molar-refractivity contribution in [3.63, 3.8) is 0 Å². The van der Waals surface area contributed by atoms with Gasteiger partial charge < -0.3 is 4.57 Å². The number of aromatic nitrogens is 2. The Labute approximate surface area is 103 Å². The third-order valence-corrected chi connectivity index (χ3v) is 7.87. The Kier molecular flexibility index (Phi) is 2.40. The maximum atomic E-state index is 13.0. The predicted molar refractivity (Wildman–Crippen MR) is 68.0 cm³/mol. The summed E-state index contributed by atoms with van der Waals surface area (Å²) in [4.78, 5) is 0. The predicted octanol–water partition coefficient (Wildman–Crippen LogP) is 2.39. The van der Waals surface area contributed by atoms with Crippen LogP contribution in [0.5, 0.6) is 0 Å². The molecule has 5 heteroatoms. The van der Waals surface area contributed by atoms with Crippen LogP contribution in [0.2, 0.25) is 0 Å². The molecular weight excluding hydrogens is 322 g/mol. The monoisotopic (exact) mass is 334 g/mol. The van der Waals surface area contributed by atoms with Crippen molar-refractivity contribution >= 4 is 35.2 Å². The highest BCUT2D eigenvalue weighted by Crippen LogP contribution is 2.69. The summed E-state index contributed by atoms with van der Waals surface area (Å²) in [5.74, 6) is 0. The Morgan fingerprint density at radius 1 is 1.27 bits per heavy atom. The molecule has 80 valence electrons. The van der Waals surface area contributed by atoms with E-state index in [1.807, 2.05) is 6.07 Å². The van der Waals surface area contributed by atoms with E-state index in [9.17, 15) is 4.57 Å². The van der Waals surface area contributed by atoms with Gasteiger partial charge in [0.2, 0.25) is 0 Å². The van der Waals surface area contributed by atoms with Gasteiger partial charge in [-0.05, 0) is 54.3 Å². The Morgan fingerprint density at radius 3 is 2.33 bits per heavy atom. The minimum Gasteiger partial charge on any atom is -0.316 e. The van der Waals surface area contributed by atoms with Crippen LogP contribution in [0.1, 0.15) is 25.7 Å². The quantitative estimate of drug-likeness (QED) is 0.630. The number of hydrogen-bond donors (Lipinski definition) is 0. The zero-order chi connectivity index (χ0) is 10.5. The fourth-order valence-corrected chi connectivity index (χ4v) is 6.47. The van der Waals surface area contributed by atoms with Crippen molar-refractivity contribution in [3.05, 3.63) is 15.8 Å². The fourth-order valence-electron chi connectivity index (χ4n) is 2.09. The Bertz CT molecular complexity index is 427. The zero-order valence-electron chi connectivity index (χ0n) is 8.27. The zero-order valence-corrected chi connectivity index (χ0v) is 11.3. The number of rotatable bonds is 3. The molecule has 1 aromatic rings. The molecule has 3 rings (SSSR count). The van der Waals surface area contributed by atoms with Crippen LogP contribution >= 0.6 is 29.7 Å². The molecule has 2 saturated carbocycles. The lowest BCUT2D eigenvalue weighted by molar-refractivity contribution is 0.578. The molecule has 1 aromatic heterocycles. The highest BCUT2D eigenvalue weighted by molar-refractivity contribution is 14.1. The van der Waals surface area contributed by atoms with Gasteiger partial charge in [-0.3, -0.25) is 0 Å². The van der Waals surface area contributed by atoms with Crippen molar-refractivity contribution in [3.8, 4) is 0 Å². The molecular formula is C10H12IN2OP. The largest absolute Gasteiger partial charge is 0.316 e. The average molecular weight is 334 g/mol. The highest BCUT2D eigenvalue weighted by Gasteiger charge is 2.52. The van der Waals surface area contributed by atoms with Crippen molar-refractivity contribution in [2.45, 2.75) is 37.0 Å². The molecule has 3 nitrogen and oxygen atoms in total. The first-order chi connectivity index (χ1) is 7.21. The molecule has 0 radical (unpaired) electrons. The van der Waals surface area contributed by atoms with Gasteiger partial charge in [-0.1, -0.05) is 0 Å². The molecule has 0 saturated heterocycles. The minimum absolute atomic E-state index is 0.428. The van der Waals surface area contributed by atoms with E-state index in [0.717, 1.165) is 34.7 Å². The molecule has 0 atom stereocenters. The van der Waals surface area contributed by atoms with Gasteiger partial charge in [0.25, 0.3) is 0 Å². The summed E-state index contributed by atoms with van der Waals surface area (Å²) in [6.07, 6.45) is 6.22. The van der Waals surface area contributed by atoms with Crippen LogP contribution in [0.15, 0.2) is 12.3 Å². The highest BCUT2D eigenvalue weighted by atomic mass is 127. The van der Waals surface area contributed by atoms with Gasteiger partial charge in [-0.25, -0.2) is 0 Å². The number of halogens is 1. The lowest BCUT2D eigenvalue weighted by Gasteiger charge is -2.15. The van der Waals surface area contributed by atoms with E-state index < -0.39 is 7.14 Å². The molecule has 0 aliphatic heterocycles. The molecule has 1 heterocycles. The van der Waals surface area contributed by atoms with Crippen LogP contribution in [0.25, 0.3) is 0 Å². The molecule has 15 heavy (non-hydrogen) atoms. The molecule has 0 amide bonds. The van der Waals surface area contributed by atoms with Crippen molar-refractivity contribution in [1.29, 1.82) is 0 Å². The molecule has 0 bridgehead atoms. The minimum atomic E-state index is -2.20. The van der Waals surface area contributed by atoms with Gasteiger partial charge in [0.05, 0.1) is 6.20 Å². The Balaban J connectivity index is 2.05. The van der Waals surface area contributed by atoms with E-state index in [0.29, 0.717) is 11.3 Å². The van der Waals surface area contributed by atoms with E-state index in [1.54, 1.807) is 6.20 Å². The summed E-state index contributed by atoms with van der Waals surface area (Å²) < 4.78 is 14.0. The maximum absolute atomic E-state index is 13.0. The van der Waals surface area contributed by atoms with Crippen LogP contribution < -0.4 is 5.44 Å². The molecule has 0 N–H and O–H groups in total. The lowest BCUT2D eigenvalue weighted by Crippen LogP contribution is -2.17. The van der Waals surface area contributed by atoms with Crippen molar-refractivity contribution in [2.24, 2.45) is 0 Å². The first-order valence-corrected chi connectivity index (χ1v) is 8.22. The molecule has 2 aliphatic rings. The Morgan fingerprint density at radius 2 is 1.87 bits per heavy atom. The van der Waals surface area contributed by atoms with Gasteiger partial charge in [-0.2, -0.15) is 5.10 Å². The van der Waals surface area contributed by atoms with Crippen molar-refractivity contribution in [1.82, 2.24) is 10.2 Å². The van der Waals surface area contributed by atoms with E-state index in [4.69, 9.17) is 0 Å². The van der Waals surface area contributed by atoms with E-state index in [2.05, 4.69) is 32.8 Å². The van der Waals surface area contributed by atoms with Crippen molar-refractivity contribution in [2.75, 3.05) is 0 Å². The van der Waals surface area contributed by atoms with Crippen LogP contribution in [-0.2, 0) is 4.57 Å². The van der Waals surface area contributed by atoms with Crippen LogP contribution in [0.3, 0.4) is 0 Å². The first kappa shape index (κ1) is 10.2. The van der Waals surface area contributed by atoms with E-state index in [1.165, 1.54) is 0 Å². The standard InChI is InChI=1S/C10H12IN2OP/c11-7-5-10(13-12-6-7)15(14,8-1-2-8)9-3-4-9/h5-6,8-9H,1-4H2. The molecule has 2 fully saturated rings. The van der Waals surface area contributed by atoms with E-state index >= 15 is 0 Å². The second-order valence-corrected chi connectivity index (χ2v) is 8.99. The van der Waals surface area contributed by atoms with Crippen LogP contribution in [0.4, 0.5) is 0 Å². The fraction of sp³-hybridized carbons (Fsp3) is 0.600. The number of nitrogens with zero attached hydrogens (tertiary/aromatic N) is 2. The summed E-state index contributed by atoms with van der Waals surface area (Å²) in [6, 6.07) is 1.96. The van der Waals surface area contributed by atoms with Gasteiger partial charge in [0.1, 0.15) is 12.6 Å². The second-order valence-electron chi connectivity index (χ2n) is 4.40. The van der Waals surface area contributed by atoms with Gasteiger partial charge in [0.15, 0.2) is 0 Å². The van der Waals surface area contributed by atoms with Gasteiger partial charge in [-0.15, -0.1) is 5.10 Å². The molecule has 0 spiro atoms. The molecule has 2 aliphatic carbocycles. The van der Waals surface area contributed by atoms with E-state index in [-0.39, 0.29) is 0 Å².